The molecule has 1 rings (SSSR count). The van der Waals surface area contributed by atoms with Gasteiger partial charge in [-0.1, -0.05) is 18.2 Å². The van der Waals surface area contributed by atoms with Crippen LogP contribution in [0.3, 0.4) is 0 Å². The standard InChI is InChI=1S/C8H7O4P.2Na/c9-13(10,11)12-7-6-8-4-2-1-3-5-8;;/h1-5H,(H2,9,10,11);;/q;2*+1/p-2. The van der Waals surface area contributed by atoms with Crippen LogP contribution in [0.5, 0.6) is 0 Å². The summed E-state index contributed by atoms with van der Waals surface area (Å²) in [5.41, 5.74) is 0.580. The average molecular weight is 242 g/mol. The van der Waals surface area contributed by atoms with Crippen molar-refractivity contribution in [3.63, 3.8) is 0 Å². The minimum atomic E-state index is -4.98. The van der Waals surface area contributed by atoms with E-state index in [1.165, 1.54) is 0 Å². The number of benzene rings is 1. The molecule has 0 spiro atoms. The summed E-state index contributed by atoms with van der Waals surface area (Å²) in [6.45, 7) is 0. The van der Waals surface area contributed by atoms with Gasteiger partial charge in [0.25, 0.3) is 0 Å². The van der Waals surface area contributed by atoms with Crippen molar-refractivity contribution in [2.75, 3.05) is 0 Å². The monoisotopic (exact) mass is 242 g/mol. The van der Waals surface area contributed by atoms with Crippen LogP contribution >= 0.6 is 7.82 Å². The van der Waals surface area contributed by atoms with Crippen molar-refractivity contribution in [3.05, 3.63) is 35.9 Å². The Hall–Kier alpha value is 0.730. The quantitative estimate of drug-likeness (QED) is 0.279. The van der Waals surface area contributed by atoms with Gasteiger partial charge in [0, 0.05) is 5.56 Å². The fraction of sp³-hybridized carbons (Fsp3) is 0. The Bertz CT molecular complexity index is 379. The molecule has 0 amide bonds. The average Bonchev–Trinajstić information content (AvgIpc) is 2.04. The van der Waals surface area contributed by atoms with Crippen molar-refractivity contribution in [2.45, 2.75) is 0 Å². The minimum Gasteiger partial charge on any atom is -0.779 e. The molecule has 0 bridgehead atoms. The van der Waals surface area contributed by atoms with Crippen LogP contribution in [0, 0.1) is 12.0 Å². The molecule has 0 N–H and O–H groups in total. The zero-order valence-corrected chi connectivity index (χ0v) is 13.4. The van der Waals surface area contributed by atoms with Crippen LogP contribution in [0.2, 0.25) is 0 Å². The number of phosphoric acid groups is 1. The molecule has 1 aromatic carbocycles. The van der Waals surface area contributed by atoms with Crippen molar-refractivity contribution < 1.29 is 78.0 Å². The summed E-state index contributed by atoms with van der Waals surface area (Å²) in [7, 11) is -4.98. The van der Waals surface area contributed by atoms with Gasteiger partial charge in [0.05, 0.1) is 0 Å². The van der Waals surface area contributed by atoms with E-state index in [0.29, 0.717) is 5.56 Å². The van der Waals surface area contributed by atoms with Gasteiger partial charge >= 0.3 is 59.1 Å². The first-order chi connectivity index (χ1) is 6.08. The number of hydrogen-bond donors (Lipinski definition) is 0. The Morgan fingerprint density at radius 3 is 2.13 bits per heavy atom. The van der Waals surface area contributed by atoms with E-state index in [4.69, 9.17) is 0 Å². The minimum absolute atomic E-state index is 0. The van der Waals surface area contributed by atoms with Gasteiger partial charge in [0.2, 0.25) is 0 Å². The molecule has 4 nitrogen and oxygen atoms in total. The van der Waals surface area contributed by atoms with E-state index < -0.39 is 7.82 Å². The maximum atomic E-state index is 9.97. The van der Waals surface area contributed by atoms with Gasteiger partial charge in [0.15, 0.2) is 0 Å². The molecular formula is C8H5Na2O4P. The van der Waals surface area contributed by atoms with Gasteiger partial charge < -0.3 is 18.9 Å². The Balaban J connectivity index is 0. The second kappa shape index (κ2) is 8.83. The second-order valence-corrected chi connectivity index (χ2v) is 3.21. The van der Waals surface area contributed by atoms with Gasteiger partial charge in [0.1, 0.15) is 13.9 Å². The SMILES string of the molecule is O=P([O-])([O-])OC#Cc1ccccc1.[Na+].[Na+]. The van der Waals surface area contributed by atoms with Crippen molar-refractivity contribution in [3.8, 4) is 12.0 Å². The van der Waals surface area contributed by atoms with E-state index in [1.54, 1.807) is 36.4 Å². The maximum absolute atomic E-state index is 9.97. The van der Waals surface area contributed by atoms with Gasteiger partial charge in [-0.2, -0.15) is 0 Å². The Morgan fingerprint density at radius 1 is 1.13 bits per heavy atom. The fourth-order valence-corrected chi connectivity index (χ4v) is 0.817. The predicted octanol–water partition coefficient (Wildman–Crippen LogP) is -6.15. The first kappa shape index (κ1) is 18.1. The van der Waals surface area contributed by atoms with Gasteiger partial charge in [-0.15, -0.1) is 0 Å². The van der Waals surface area contributed by atoms with Crippen LogP contribution in [0.4, 0.5) is 0 Å². The Morgan fingerprint density at radius 2 is 1.67 bits per heavy atom. The van der Waals surface area contributed by atoms with Gasteiger partial charge in [-0.3, -0.25) is 0 Å². The zero-order chi connectivity index (χ0) is 9.73. The van der Waals surface area contributed by atoms with Crippen molar-refractivity contribution in [1.29, 1.82) is 0 Å². The Labute approximate surface area is 132 Å². The molecule has 1 aromatic rings. The molecule has 0 aliphatic carbocycles. The second-order valence-electron chi connectivity index (χ2n) is 2.13. The summed E-state index contributed by atoms with van der Waals surface area (Å²) in [5, 5.41) is 0. The maximum Gasteiger partial charge on any atom is 1.00 e. The first-order valence-corrected chi connectivity index (χ1v) is 4.81. The molecule has 7 heteroatoms. The summed E-state index contributed by atoms with van der Waals surface area (Å²) >= 11 is 0. The molecule has 0 fully saturated rings. The molecular weight excluding hydrogens is 237 g/mol. The summed E-state index contributed by atoms with van der Waals surface area (Å²) in [5.74, 6) is 2.36. The van der Waals surface area contributed by atoms with Crippen molar-refractivity contribution >= 4 is 7.82 Å². The molecule has 0 saturated carbocycles. The molecule has 0 atom stereocenters. The summed E-state index contributed by atoms with van der Waals surface area (Å²) in [4.78, 5) is 19.9. The van der Waals surface area contributed by atoms with Crippen LogP contribution in [0.15, 0.2) is 30.3 Å². The third-order valence-electron chi connectivity index (χ3n) is 1.13. The summed E-state index contributed by atoms with van der Waals surface area (Å²) < 4.78 is 13.7. The van der Waals surface area contributed by atoms with E-state index in [9.17, 15) is 14.4 Å². The van der Waals surface area contributed by atoms with E-state index >= 15 is 0 Å². The third kappa shape index (κ3) is 9.65. The third-order valence-corrected chi connectivity index (χ3v) is 1.44. The summed E-state index contributed by atoms with van der Waals surface area (Å²) in [6, 6.07) is 8.59. The molecule has 0 unspecified atom stereocenters. The van der Waals surface area contributed by atoms with Crippen LogP contribution < -0.4 is 68.9 Å². The van der Waals surface area contributed by atoms with Crippen LogP contribution in [0.25, 0.3) is 0 Å². The zero-order valence-electron chi connectivity index (χ0n) is 8.47. The van der Waals surface area contributed by atoms with E-state index in [-0.39, 0.29) is 59.1 Å². The fourth-order valence-electron chi connectivity index (χ4n) is 0.659. The van der Waals surface area contributed by atoms with Crippen LogP contribution in [-0.4, -0.2) is 0 Å². The molecule has 0 aliphatic rings. The molecule has 68 valence electrons. The number of phosphoric ester groups is 1. The number of hydrogen-bond acceptors (Lipinski definition) is 4. The Kier molecular flexibility index (Phi) is 10.7. The van der Waals surface area contributed by atoms with Gasteiger partial charge in [-0.05, 0) is 18.1 Å². The van der Waals surface area contributed by atoms with Gasteiger partial charge in [-0.25, -0.2) is 0 Å². The topological polar surface area (TPSA) is 72.4 Å². The molecule has 15 heavy (non-hydrogen) atoms. The van der Waals surface area contributed by atoms with E-state index in [1.807, 2.05) is 0 Å². The van der Waals surface area contributed by atoms with E-state index in [0.717, 1.165) is 0 Å². The first-order valence-electron chi connectivity index (χ1n) is 3.35. The van der Waals surface area contributed by atoms with Crippen molar-refractivity contribution in [2.24, 2.45) is 0 Å². The van der Waals surface area contributed by atoms with Crippen LogP contribution in [0.1, 0.15) is 5.56 Å². The van der Waals surface area contributed by atoms with Crippen LogP contribution in [-0.2, 0) is 9.09 Å². The molecule has 0 aromatic heterocycles. The predicted molar refractivity (Wildman–Crippen MR) is 42.0 cm³/mol. The van der Waals surface area contributed by atoms with Crippen molar-refractivity contribution in [1.82, 2.24) is 0 Å². The molecule has 0 saturated heterocycles. The molecule has 0 radical (unpaired) electrons. The number of rotatable bonds is 1. The molecule has 0 heterocycles. The smallest absolute Gasteiger partial charge is 0.779 e. The van der Waals surface area contributed by atoms with E-state index in [2.05, 4.69) is 10.4 Å². The largest absolute Gasteiger partial charge is 1.00 e. The molecule has 0 aliphatic heterocycles. The normalized spacial score (nSPS) is 8.67. The summed E-state index contributed by atoms with van der Waals surface area (Å²) in [6.07, 6.45) is 1.80.